The minimum absolute atomic E-state index is 0.0233. The van der Waals surface area contributed by atoms with Crippen LogP contribution in [0.15, 0.2) is 54.7 Å². The molecule has 3 aromatic rings. The number of rotatable bonds is 9. The van der Waals surface area contributed by atoms with Crippen LogP contribution in [0, 0.1) is 0 Å². The number of carbonyl (C=O) groups is 3. The minimum atomic E-state index is -1.29. The molecule has 1 atom stereocenters. The molecule has 10 nitrogen and oxygen atoms in total. The van der Waals surface area contributed by atoms with E-state index in [0.717, 1.165) is 54.9 Å². The van der Waals surface area contributed by atoms with E-state index in [9.17, 15) is 19.5 Å². The zero-order valence-electron chi connectivity index (χ0n) is 21.1. The van der Waals surface area contributed by atoms with Crippen molar-refractivity contribution in [2.24, 2.45) is 0 Å². The second-order valence-electron chi connectivity index (χ2n) is 9.62. The highest BCUT2D eigenvalue weighted by Gasteiger charge is 2.31. The lowest BCUT2D eigenvalue weighted by Gasteiger charge is -2.30. The molecule has 0 unspecified atom stereocenters. The summed E-state index contributed by atoms with van der Waals surface area (Å²) in [6.45, 7) is 1.72. The van der Waals surface area contributed by atoms with Crippen molar-refractivity contribution in [2.75, 3.05) is 25.0 Å². The first-order valence-electron chi connectivity index (χ1n) is 12.9. The lowest BCUT2D eigenvalue weighted by Crippen LogP contribution is -2.52. The number of pyridine rings is 1. The number of aromatic nitrogens is 2. The third kappa shape index (κ3) is 5.96. The number of carboxylic acid groups (broad SMARTS) is 1. The van der Waals surface area contributed by atoms with E-state index in [-0.39, 0.29) is 19.1 Å². The Labute approximate surface area is 220 Å². The molecule has 0 spiro atoms. The molecular formula is C28H31N5O5. The molecule has 10 heteroatoms. The highest BCUT2D eigenvalue weighted by atomic mass is 16.5. The summed E-state index contributed by atoms with van der Waals surface area (Å²) in [6, 6.07) is 13.9. The third-order valence-corrected chi connectivity index (χ3v) is 6.90. The summed E-state index contributed by atoms with van der Waals surface area (Å²) >= 11 is 0. The number of carbonyl (C=O) groups excluding carboxylic acids is 2. The standard InChI is InChI=1S/C28H31N5O5/c34-26-24-15-20(8-10-22-11-9-21-7-4-12-29-25(21)30-22)16-32(24)13-14-33(26)17-23(27(35)36)31-28(37)38-18-19-5-2-1-3-6-19/h1-3,5-6,9,11,15-16,23H,4,7-8,10,12-14,17-18H2,(H,29,30)(H,31,37)(H,35,36)/t23-/m0/s1. The number of hydrogen-bond acceptors (Lipinski definition) is 6. The van der Waals surface area contributed by atoms with Crippen LogP contribution in [-0.2, 0) is 41.9 Å². The van der Waals surface area contributed by atoms with Crippen molar-refractivity contribution < 1.29 is 24.2 Å². The number of carboxylic acids is 1. The van der Waals surface area contributed by atoms with Gasteiger partial charge >= 0.3 is 12.1 Å². The van der Waals surface area contributed by atoms with Crippen LogP contribution >= 0.6 is 0 Å². The summed E-state index contributed by atoms with van der Waals surface area (Å²) in [7, 11) is 0. The van der Waals surface area contributed by atoms with Gasteiger partial charge in [-0.1, -0.05) is 36.4 Å². The van der Waals surface area contributed by atoms with E-state index < -0.39 is 18.1 Å². The Morgan fingerprint density at radius 3 is 2.76 bits per heavy atom. The number of fused-ring (bicyclic) bond motifs is 2. The van der Waals surface area contributed by atoms with Gasteiger partial charge in [0.1, 0.15) is 24.2 Å². The average Bonchev–Trinajstić information content (AvgIpc) is 3.36. The molecular weight excluding hydrogens is 486 g/mol. The molecule has 5 rings (SSSR count). The molecule has 0 saturated carbocycles. The Kier molecular flexibility index (Phi) is 7.57. The normalized spacial score (nSPS) is 15.2. The first kappa shape index (κ1) is 25.3. The quantitative estimate of drug-likeness (QED) is 0.399. The Morgan fingerprint density at radius 1 is 1.11 bits per heavy atom. The predicted molar refractivity (Wildman–Crippen MR) is 140 cm³/mol. The van der Waals surface area contributed by atoms with Crippen molar-refractivity contribution >= 4 is 23.8 Å². The van der Waals surface area contributed by atoms with Gasteiger partial charge in [-0.3, -0.25) is 4.79 Å². The largest absolute Gasteiger partial charge is 0.480 e. The average molecular weight is 518 g/mol. The fourth-order valence-corrected chi connectivity index (χ4v) is 4.83. The van der Waals surface area contributed by atoms with Crippen LogP contribution in [0.4, 0.5) is 10.6 Å². The van der Waals surface area contributed by atoms with Crippen LogP contribution in [0.3, 0.4) is 0 Å². The monoisotopic (exact) mass is 517 g/mol. The van der Waals surface area contributed by atoms with Crippen LogP contribution < -0.4 is 10.6 Å². The third-order valence-electron chi connectivity index (χ3n) is 6.90. The maximum atomic E-state index is 13.2. The zero-order chi connectivity index (χ0) is 26.5. The molecule has 38 heavy (non-hydrogen) atoms. The Morgan fingerprint density at radius 2 is 1.95 bits per heavy atom. The highest BCUT2D eigenvalue weighted by Crippen LogP contribution is 2.22. The maximum absolute atomic E-state index is 13.2. The number of ether oxygens (including phenoxy) is 1. The second-order valence-corrected chi connectivity index (χ2v) is 9.62. The summed E-state index contributed by atoms with van der Waals surface area (Å²) in [6.07, 6.45) is 4.81. The van der Waals surface area contributed by atoms with E-state index in [4.69, 9.17) is 9.72 Å². The lowest BCUT2D eigenvalue weighted by atomic mass is 10.1. The Balaban J connectivity index is 1.17. The van der Waals surface area contributed by atoms with Gasteiger partial charge in [0.05, 0.1) is 6.54 Å². The van der Waals surface area contributed by atoms with Gasteiger partial charge in [0.15, 0.2) is 0 Å². The number of anilines is 1. The molecule has 0 fully saturated rings. The predicted octanol–water partition coefficient (Wildman–Crippen LogP) is 2.86. The van der Waals surface area contributed by atoms with Crippen molar-refractivity contribution in [1.82, 2.24) is 19.8 Å². The summed E-state index contributed by atoms with van der Waals surface area (Å²) in [5, 5.41) is 15.4. The number of aryl methyl sites for hydroxylation is 3. The number of amides is 2. The molecule has 0 saturated heterocycles. The molecule has 1 aromatic carbocycles. The molecule has 2 aliphatic rings. The van der Waals surface area contributed by atoms with Crippen LogP contribution in [0.1, 0.15) is 39.3 Å². The van der Waals surface area contributed by atoms with Crippen LogP contribution in [0.25, 0.3) is 0 Å². The molecule has 2 aromatic heterocycles. The second kappa shape index (κ2) is 11.4. The zero-order valence-corrected chi connectivity index (χ0v) is 21.1. The van der Waals surface area contributed by atoms with Gasteiger partial charge in [-0.05, 0) is 54.5 Å². The summed E-state index contributed by atoms with van der Waals surface area (Å²) in [5.41, 5.74) is 4.59. The fraction of sp³-hybridized carbons (Fsp3) is 0.357. The van der Waals surface area contributed by atoms with Gasteiger partial charge < -0.3 is 29.9 Å². The first-order chi connectivity index (χ1) is 18.5. The van der Waals surface area contributed by atoms with Gasteiger partial charge in [-0.2, -0.15) is 0 Å². The Bertz CT molecular complexity index is 1320. The van der Waals surface area contributed by atoms with Crippen molar-refractivity contribution in [2.45, 2.75) is 44.9 Å². The summed E-state index contributed by atoms with van der Waals surface area (Å²) in [5.74, 6) is -0.520. The van der Waals surface area contributed by atoms with E-state index in [1.54, 1.807) is 12.1 Å². The molecule has 198 valence electrons. The smallest absolute Gasteiger partial charge is 0.408 e. The molecule has 4 heterocycles. The van der Waals surface area contributed by atoms with Gasteiger partial charge in [0.2, 0.25) is 0 Å². The van der Waals surface area contributed by atoms with Gasteiger partial charge in [-0.15, -0.1) is 0 Å². The molecule has 0 aliphatic carbocycles. The minimum Gasteiger partial charge on any atom is -0.480 e. The van der Waals surface area contributed by atoms with Crippen molar-refractivity contribution in [3.8, 4) is 0 Å². The van der Waals surface area contributed by atoms with Crippen molar-refractivity contribution in [1.29, 1.82) is 0 Å². The highest BCUT2D eigenvalue weighted by molar-refractivity contribution is 5.94. The summed E-state index contributed by atoms with van der Waals surface area (Å²) in [4.78, 5) is 43.4. The fourth-order valence-electron chi connectivity index (χ4n) is 4.83. The number of benzene rings is 1. The van der Waals surface area contributed by atoms with Crippen molar-refractivity contribution in [3.05, 3.63) is 82.8 Å². The van der Waals surface area contributed by atoms with Crippen LogP contribution in [-0.4, -0.2) is 63.2 Å². The van der Waals surface area contributed by atoms with Crippen molar-refractivity contribution in [3.63, 3.8) is 0 Å². The number of nitrogens with zero attached hydrogens (tertiary/aromatic N) is 3. The number of nitrogens with one attached hydrogen (secondary N) is 2. The maximum Gasteiger partial charge on any atom is 0.408 e. The molecule has 0 bridgehead atoms. The van der Waals surface area contributed by atoms with Crippen LogP contribution in [0.5, 0.6) is 0 Å². The van der Waals surface area contributed by atoms with E-state index >= 15 is 0 Å². The first-order valence-corrected chi connectivity index (χ1v) is 12.9. The topological polar surface area (TPSA) is 126 Å². The van der Waals surface area contributed by atoms with E-state index in [1.807, 2.05) is 35.0 Å². The molecule has 2 amide bonds. The number of hydrogen-bond donors (Lipinski definition) is 3. The molecule has 0 radical (unpaired) electrons. The van der Waals surface area contributed by atoms with Crippen LogP contribution in [0.2, 0.25) is 0 Å². The van der Waals surface area contributed by atoms with E-state index in [0.29, 0.717) is 18.8 Å². The van der Waals surface area contributed by atoms with Gasteiger partial charge in [0.25, 0.3) is 5.91 Å². The van der Waals surface area contributed by atoms with Gasteiger partial charge in [-0.25, -0.2) is 14.6 Å². The Hall–Kier alpha value is -4.34. The van der Waals surface area contributed by atoms with Gasteiger partial charge in [0, 0.05) is 31.5 Å². The number of alkyl carbamates (subject to hydrolysis) is 1. The number of aliphatic carboxylic acids is 1. The van der Waals surface area contributed by atoms with E-state index in [1.165, 1.54) is 10.5 Å². The van der Waals surface area contributed by atoms with E-state index in [2.05, 4.69) is 22.8 Å². The lowest BCUT2D eigenvalue weighted by molar-refractivity contribution is -0.139. The SMILES string of the molecule is O=C(N[C@@H](CN1CCn2cc(CCc3ccc4c(n3)NCCC4)cc2C1=O)C(=O)O)OCc1ccccc1. The molecule has 2 aliphatic heterocycles. The molecule has 3 N–H and O–H groups in total. The summed E-state index contributed by atoms with van der Waals surface area (Å²) < 4.78 is 7.06.